The number of carboxylic acid groups (broad SMARTS) is 1. The molecule has 1 N–H and O–H groups in total. The Hall–Kier alpha value is -1.69. The van der Waals surface area contributed by atoms with Crippen LogP contribution in [0.25, 0.3) is 0 Å². The summed E-state index contributed by atoms with van der Waals surface area (Å²) in [6, 6.07) is 1.89. The predicted octanol–water partition coefficient (Wildman–Crippen LogP) is 1.23. The monoisotopic (exact) mass is 265 g/mol. The van der Waals surface area contributed by atoms with Crippen LogP contribution in [0.5, 0.6) is 0 Å². The lowest BCUT2D eigenvalue weighted by molar-refractivity contribution is -0.141. The summed E-state index contributed by atoms with van der Waals surface area (Å²) in [6.45, 7) is 3.62. The molecule has 0 aliphatic carbocycles. The summed E-state index contributed by atoms with van der Waals surface area (Å²) in [7, 11) is 1.60. The Balaban J connectivity index is 2.18. The number of ether oxygens (including phenoxy) is 1. The van der Waals surface area contributed by atoms with E-state index >= 15 is 0 Å². The van der Waals surface area contributed by atoms with Crippen molar-refractivity contribution < 1.29 is 14.6 Å². The van der Waals surface area contributed by atoms with E-state index in [-0.39, 0.29) is 5.92 Å². The van der Waals surface area contributed by atoms with Gasteiger partial charge in [-0.15, -0.1) is 0 Å². The van der Waals surface area contributed by atoms with Crippen molar-refractivity contribution in [1.82, 2.24) is 9.97 Å². The SMILES string of the molecule is COCc1nc(C)cc(N2CCCC(C(=O)O)C2)n1. The van der Waals surface area contributed by atoms with E-state index in [0.29, 0.717) is 19.0 Å². The van der Waals surface area contributed by atoms with Crippen LogP contribution >= 0.6 is 0 Å². The predicted molar refractivity (Wildman–Crippen MR) is 70.1 cm³/mol. The first-order valence-corrected chi connectivity index (χ1v) is 6.41. The smallest absolute Gasteiger partial charge is 0.308 e. The van der Waals surface area contributed by atoms with Gasteiger partial charge >= 0.3 is 5.97 Å². The van der Waals surface area contributed by atoms with Crippen LogP contribution < -0.4 is 4.90 Å². The van der Waals surface area contributed by atoms with Gasteiger partial charge in [-0.1, -0.05) is 0 Å². The minimum atomic E-state index is -0.729. The van der Waals surface area contributed by atoms with E-state index in [1.165, 1.54) is 0 Å². The maximum absolute atomic E-state index is 11.1. The Labute approximate surface area is 112 Å². The molecule has 19 heavy (non-hydrogen) atoms. The van der Waals surface area contributed by atoms with Crippen LogP contribution in [-0.2, 0) is 16.1 Å². The van der Waals surface area contributed by atoms with Crippen LogP contribution in [0.15, 0.2) is 6.07 Å². The zero-order chi connectivity index (χ0) is 13.8. The molecule has 0 bridgehead atoms. The number of methoxy groups -OCH3 is 1. The van der Waals surface area contributed by atoms with Gasteiger partial charge in [-0.05, 0) is 19.8 Å². The zero-order valence-corrected chi connectivity index (χ0v) is 11.3. The molecule has 1 atom stereocenters. The average Bonchev–Trinajstić information content (AvgIpc) is 2.38. The van der Waals surface area contributed by atoms with Crippen LogP contribution in [0, 0.1) is 12.8 Å². The van der Waals surface area contributed by atoms with E-state index < -0.39 is 5.97 Å². The normalized spacial score (nSPS) is 19.5. The molecule has 1 fully saturated rings. The minimum absolute atomic E-state index is 0.310. The first-order valence-electron chi connectivity index (χ1n) is 6.41. The summed E-state index contributed by atoms with van der Waals surface area (Å²) in [4.78, 5) is 21.8. The number of aliphatic carboxylic acids is 1. The van der Waals surface area contributed by atoms with Gasteiger partial charge in [0.25, 0.3) is 0 Å². The van der Waals surface area contributed by atoms with Crippen LogP contribution in [0.3, 0.4) is 0 Å². The number of aryl methyl sites for hydroxylation is 1. The third-order valence-corrected chi connectivity index (χ3v) is 3.26. The number of anilines is 1. The Morgan fingerprint density at radius 3 is 3.05 bits per heavy atom. The molecular formula is C13H19N3O3. The number of aromatic nitrogens is 2. The van der Waals surface area contributed by atoms with E-state index in [0.717, 1.165) is 30.9 Å². The second-order valence-electron chi connectivity index (χ2n) is 4.84. The second-order valence-corrected chi connectivity index (χ2v) is 4.84. The molecule has 0 spiro atoms. The zero-order valence-electron chi connectivity index (χ0n) is 11.3. The van der Waals surface area contributed by atoms with Crippen molar-refractivity contribution >= 4 is 11.8 Å². The second kappa shape index (κ2) is 5.97. The number of carbonyl (C=O) groups is 1. The van der Waals surface area contributed by atoms with Gasteiger partial charge in [0.15, 0.2) is 5.82 Å². The topological polar surface area (TPSA) is 75.5 Å². The fraction of sp³-hybridized carbons (Fsp3) is 0.615. The number of piperidine rings is 1. The van der Waals surface area contributed by atoms with E-state index in [2.05, 4.69) is 9.97 Å². The summed E-state index contributed by atoms with van der Waals surface area (Å²) in [5.74, 6) is 0.392. The molecule has 6 heteroatoms. The summed E-state index contributed by atoms with van der Waals surface area (Å²) < 4.78 is 5.05. The quantitative estimate of drug-likeness (QED) is 0.882. The lowest BCUT2D eigenvalue weighted by atomic mass is 9.98. The number of nitrogens with zero attached hydrogens (tertiary/aromatic N) is 3. The van der Waals surface area contributed by atoms with Gasteiger partial charge in [0.1, 0.15) is 12.4 Å². The van der Waals surface area contributed by atoms with Gasteiger partial charge in [0, 0.05) is 32.0 Å². The highest BCUT2D eigenvalue weighted by Crippen LogP contribution is 2.22. The molecule has 0 aromatic carbocycles. The van der Waals surface area contributed by atoms with E-state index in [9.17, 15) is 4.79 Å². The highest BCUT2D eigenvalue weighted by atomic mass is 16.5. The number of carboxylic acids is 1. The van der Waals surface area contributed by atoms with Crippen molar-refractivity contribution in [3.63, 3.8) is 0 Å². The number of hydrogen-bond donors (Lipinski definition) is 1. The van der Waals surface area contributed by atoms with Crippen molar-refractivity contribution in [3.8, 4) is 0 Å². The number of rotatable bonds is 4. The Morgan fingerprint density at radius 2 is 2.37 bits per heavy atom. The summed E-state index contributed by atoms with van der Waals surface area (Å²) >= 11 is 0. The third-order valence-electron chi connectivity index (χ3n) is 3.26. The first-order chi connectivity index (χ1) is 9.10. The summed E-state index contributed by atoms with van der Waals surface area (Å²) in [5.41, 5.74) is 0.870. The molecule has 1 aliphatic heterocycles. The molecular weight excluding hydrogens is 246 g/mol. The first kappa shape index (κ1) is 13.7. The van der Waals surface area contributed by atoms with Gasteiger partial charge in [-0.3, -0.25) is 4.79 Å². The third kappa shape index (κ3) is 3.41. The average molecular weight is 265 g/mol. The molecule has 6 nitrogen and oxygen atoms in total. The molecule has 1 aromatic heterocycles. The lowest BCUT2D eigenvalue weighted by Gasteiger charge is -2.31. The van der Waals surface area contributed by atoms with E-state index in [1.54, 1.807) is 7.11 Å². The van der Waals surface area contributed by atoms with Crippen LogP contribution in [0.1, 0.15) is 24.4 Å². The maximum atomic E-state index is 11.1. The van der Waals surface area contributed by atoms with Gasteiger partial charge in [0.05, 0.1) is 5.92 Å². The van der Waals surface area contributed by atoms with Gasteiger partial charge in [-0.25, -0.2) is 9.97 Å². The van der Waals surface area contributed by atoms with Gasteiger partial charge < -0.3 is 14.7 Å². The summed E-state index contributed by atoms with van der Waals surface area (Å²) in [5, 5.41) is 9.12. The summed E-state index contributed by atoms with van der Waals surface area (Å²) in [6.07, 6.45) is 1.61. The fourth-order valence-electron chi connectivity index (χ4n) is 2.35. The molecule has 2 heterocycles. The molecule has 0 radical (unpaired) electrons. The molecule has 1 unspecified atom stereocenters. The van der Waals surface area contributed by atoms with Gasteiger partial charge in [-0.2, -0.15) is 0 Å². The van der Waals surface area contributed by atoms with Gasteiger partial charge in [0.2, 0.25) is 0 Å². The van der Waals surface area contributed by atoms with Crippen LogP contribution in [0.4, 0.5) is 5.82 Å². The molecule has 1 aliphatic rings. The van der Waals surface area contributed by atoms with Crippen LogP contribution in [-0.4, -0.2) is 41.2 Å². The molecule has 2 rings (SSSR count). The fourth-order valence-corrected chi connectivity index (χ4v) is 2.35. The highest BCUT2D eigenvalue weighted by molar-refractivity contribution is 5.71. The Bertz CT molecular complexity index is 464. The van der Waals surface area contributed by atoms with Crippen molar-refractivity contribution in [2.24, 2.45) is 5.92 Å². The van der Waals surface area contributed by atoms with Crippen LogP contribution in [0.2, 0.25) is 0 Å². The minimum Gasteiger partial charge on any atom is -0.481 e. The van der Waals surface area contributed by atoms with Crippen molar-refractivity contribution in [3.05, 3.63) is 17.6 Å². The maximum Gasteiger partial charge on any atom is 0.308 e. The Kier molecular flexibility index (Phi) is 4.31. The largest absolute Gasteiger partial charge is 0.481 e. The molecule has 1 aromatic rings. The molecule has 1 saturated heterocycles. The van der Waals surface area contributed by atoms with Crippen molar-refractivity contribution in [2.75, 3.05) is 25.1 Å². The Morgan fingerprint density at radius 1 is 1.58 bits per heavy atom. The van der Waals surface area contributed by atoms with Crippen molar-refractivity contribution in [1.29, 1.82) is 0 Å². The van der Waals surface area contributed by atoms with E-state index in [1.807, 2.05) is 17.9 Å². The standard InChI is InChI=1S/C13H19N3O3/c1-9-6-12(15-11(14-9)8-19-2)16-5-3-4-10(7-16)13(17)18/h6,10H,3-5,7-8H2,1-2H3,(H,17,18). The molecule has 104 valence electrons. The highest BCUT2D eigenvalue weighted by Gasteiger charge is 2.26. The molecule has 0 amide bonds. The lowest BCUT2D eigenvalue weighted by Crippen LogP contribution is -2.39. The molecule has 0 saturated carbocycles. The van der Waals surface area contributed by atoms with E-state index in [4.69, 9.17) is 9.84 Å². The number of hydrogen-bond acceptors (Lipinski definition) is 5. The van der Waals surface area contributed by atoms with Crippen molar-refractivity contribution in [2.45, 2.75) is 26.4 Å².